The van der Waals surface area contributed by atoms with Crippen LogP contribution in [0.3, 0.4) is 0 Å². The predicted molar refractivity (Wildman–Crippen MR) is 60.9 cm³/mol. The van der Waals surface area contributed by atoms with Gasteiger partial charge in [-0.05, 0) is 45.6 Å². The Labute approximate surface area is 96.3 Å². The average molecular weight is 227 g/mol. The molecule has 0 spiro atoms. The Hall–Kier alpha value is -0.810. The molecule has 2 saturated carbocycles. The van der Waals surface area contributed by atoms with Crippen LogP contribution in [-0.2, 0) is 4.84 Å². The van der Waals surface area contributed by atoms with E-state index < -0.39 is 0 Å². The average Bonchev–Trinajstić information content (AvgIpc) is 3.11. The minimum absolute atomic E-state index is 0.176. The van der Waals surface area contributed by atoms with Crippen LogP contribution in [0.4, 0.5) is 4.79 Å². The molecular weight excluding hydrogens is 206 g/mol. The molecule has 92 valence electrons. The fourth-order valence-corrected chi connectivity index (χ4v) is 2.05. The van der Waals surface area contributed by atoms with Gasteiger partial charge in [0.2, 0.25) is 0 Å². The fraction of sp³-hybridized carbons (Fsp3) is 0.909. The summed E-state index contributed by atoms with van der Waals surface area (Å²) < 4.78 is 0. The number of nitrogens with one attached hydrogen (secondary N) is 3. The minimum atomic E-state index is -0.196. The molecule has 2 rings (SSSR count). The Balaban J connectivity index is 1.57. The molecule has 0 heterocycles. The van der Waals surface area contributed by atoms with Crippen molar-refractivity contribution in [2.75, 3.05) is 7.05 Å². The molecule has 5 nitrogen and oxygen atoms in total. The summed E-state index contributed by atoms with van der Waals surface area (Å²) in [5.74, 6) is 0. The van der Waals surface area contributed by atoms with E-state index in [0.717, 1.165) is 38.5 Å². The van der Waals surface area contributed by atoms with Gasteiger partial charge in [0.15, 0.2) is 0 Å². The molecular formula is C11H21N3O2. The Morgan fingerprint density at radius 1 is 1.06 bits per heavy atom. The molecule has 3 N–H and O–H groups in total. The first kappa shape index (κ1) is 11.7. The summed E-state index contributed by atoms with van der Waals surface area (Å²) in [6.45, 7) is 0. The zero-order chi connectivity index (χ0) is 11.4. The lowest BCUT2D eigenvalue weighted by Crippen LogP contribution is -2.41. The first-order chi connectivity index (χ1) is 7.78. The molecule has 16 heavy (non-hydrogen) atoms. The van der Waals surface area contributed by atoms with Crippen LogP contribution < -0.4 is 16.1 Å². The summed E-state index contributed by atoms with van der Waals surface area (Å²) in [5.41, 5.74) is 2.49. The van der Waals surface area contributed by atoms with Gasteiger partial charge in [0.1, 0.15) is 0 Å². The Morgan fingerprint density at radius 3 is 2.25 bits per heavy atom. The van der Waals surface area contributed by atoms with Gasteiger partial charge in [0, 0.05) is 12.1 Å². The van der Waals surface area contributed by atoms with E-state index in [4.69, 9.17) is 4.84 Å². The number of carbonyl (C=O) groups is 1. The van der Waals surface area contributed by atoms with E-state index >= 15 is 0 Å². The molecule has 0 aromatic rings. The molecule has 0 unspecified atom stereocenters. The number of rotatable bonds is 4. The van der Waals surface area contributed by atoms with Gasteiger partial charge in [-0.25, -0.2) is 10.3 Å². The van der Waals surface area contributed by atoms with Crippen LogP contribution in [0.15, 0.2) is 0 Å². The molecule has 2 aliphatic rings. The van der Waals surface area contributed by atoms with Crippen molar-refractivity contribution in [1.82, 2.24) is 16.1 Å². The normalized spacial score (nSPS) is 29.8. The largest absolute Gasteiger partial charge is 0.338 e. The van der Waals surface area contributed by atoms with Crippen molar-refractivity contribution in [3.8, 4) is 0 Å². The second-order valence-corrected chi connectivity index (χ2v) is 4.73. The van der Waals surface area contributed by atoms with Crippen LogP contribution in [-0.4, -0.2) is 31.3 Å². The maximum atomic E-state index is 11.3. The maximum absolute atomic E-state index is 11.3. The highest BCUT2D eigenvalue weighted by Gasteiger charge is 2.24. The first-order valence-corrected chi connectivity index (χ1v) is 6.17. The molecule has 0 aromatic carbocycles. The van der Waals surface area contributed by atoms with Crippen molar-refractivity contribution in [2.24, 2.45) is 0 Å². The molecule has 0 radical (unpaired) electrons. The fourth-order valence-electron chi connectivity index (χ4n) is 2.05. The van der Waals surface area contributed by atoms with E-state index in [9.17, 15) is 4.79 Å². The number of urea groups is 1. The third kappa shape index (κ3) is 3.64. The summed E-state index contributed by atoms with van der Waals surface area (Å²) in [6.07, 6.45) is 6.63. The van der Waals surface area contributed by atoms with Crippen molar-refractivity contribution in [3.63, 3.8) is 0 Å². The van der Waals surface area contributed by atoms with Crippen LogP contribution in [0.5, 0.6) is 0 Å². The summed E-state index contributed by atoms with van der Waals surface area (Å²) in [4.78, 5) is 16.7. The van der Waals surface area contributed by atoms with Crippen LogP contribution >= 0.6 is 0 Å². The van der Waals surface area contributed by atoms with Gasteiger partial charge in [0.25, 0.3) is 0 Å². The van der Waals surface area contributed by atoms with Crippen molar-refractivity contribution in [2.45, 2.75) is 56.7 Å². The molecule has 0 atom stereocenters. The monoisotopic (exact) mass is 227 g/mol. The third-order valence-electron chi connectivity index (χ3n) is 3.31. The SMILES string of the molecule is CNC1CCC(ONC(=O)NC2CC2)CC1. The number of hydrogen-bond acceptors (Lipinski definition) is 3. The smallest absolute Gasteiger partial charge is 0.334 e. The highest BCUT2D eigenvalue weighted by Crippen LogP contribution is 2.20. The molecule has 5 heteroatoms. The number of hydrogen-bond donors (Lipinski definition) is 3. The van der Waals surface area contributed by atoms with E-state index in [1.807, 2.05) is 7.05 Å². The van der Waals surface area contributed by atoms with E-state index in [0.29, 0.717) is 12.1 Å². The maximum Gasteiger partial charge on any atom is 0.338 e. The zero-order valence-corrected chi connectivity index (χ0v) is 9.79. The van der Waals surface area contributed by atoms with Crippen molar-refractivity contribution >= 4 is 6.03 Å². The lowest BCUT2D eigenvalue weighted by molar-refractivity contribution is -0.0261. The summed E-state index contributed by atoms with van der Waals surface area (Å²) in [6, 6.07) is 0.794. The Morgan fingerprint density at radius 2 is 1.69 bits per heavy atom. The lowest BCUT2D eigenvalue weighted by Gasteiger charge is -2.27. The van der Waals surface area contributed by atoms with Crippen LogP contribution in [0.25, 0.3) is 0 Å². The molecule has 2 aliphatic carbocycles. The molecule has 0 aliphatic heterocycles. The van der Waals surface area contributed by atoms with Crippen molar-refractivity contribution < 1.29 is 9.63 Å². The highest BCUT2D eigenvalue weighted by atomic mass is 16.7. The van der Waals surface area contributed by atoms with E-state index in [1.165, 1.54) is 0 Å². The summed E-state index contributed by atoms with van der Waals surface area (Å²) >= 11 is 0. The van der Waals surface area contributed by atoms with Gasteiger partial charge in [-0.2, -0.15) is 0 Å². The van der Waals surface area contributed by atoms with Gasteiger partial charge in [-0.1, -0.05) is 0 Å². The molecule has 0 bridgehead atoms. The Bertz CT molecular complexity index is 235. The number of hydroxylamine groups is 1. The van der Waals surface area contributed by atoms with Crippen LogP contribution in [0.1, 0.15) is 38.5 Å². The standard InChI is InChI=1S/C11H21N3O2/c1-12-8-4-6-10(7-5-8)16-14-11(15)13-9-2-3-9/h8-10,12H,2-7H2,1H3,(H2,13,14,15). The topological polar surface area (TPSA) is 62.4 Å². The van der Waals surface area contributed by atoms with Gasteiger partial charge in [-0.3, -0.25) is 4.84 Å². The lowest BCUT2D eigenvalue weighted by atomic mass is 9.93. The second-order valence-electron chi connectivity index (χ2n) is 4.73. The van der Waals surface area contributed by atoms with Crippen molar-refractivity contribution in [1.29, 1.82) is 0 Å². The first-order valence-electron chi connectivity index (χ1n) is 6.17. The molecule has 0 aromatic heterocycles. The van der Waals surface area contributed by atoms with E-state index in [1.54, 1.807) is 0 Å². The minimum Gasteiger partial charge on any atom is -0.334 e. The quantitative estimate of drug-likeness (QED) is 0.626. The molecule has 0 saturated heterocycles. The summed E-state index contributed by atoms with van der Waals surface area (Å²) in [7, 11) is 1.99. The van der Waals surface area contributed by atoms with Gasteiger partial charge in [0.05, 0.1) is 6.10 Å². The number of amides is 2. The third-order valence-corrected chi connectivity index (χ3v) is 3.31. The molecule has 2 fully saturated rings. The van der Waals surface area contributed by atoms with Crippen LogP contribution in [0.2, 0.25) is 0 Å². The van der Waals surface area contributed by atoms with Crippen molar-refractivity contribution in [3.05, 3.63) is 0 Å². The zero-order valence-electron chi connectivity index (χ0n) is 9.79. The summed E-state index contributed by atoms with van der Waals surface area (Å²) in [5, 5.41) is 6.09. The predicted octanol–water partition coefficient (Wildman–Crippen LogP) is 0.910. The molecule has 2 amide bonds. The number of carbonyl (C=O) groups excluding carboxylic acids is 1. The second kappa shape index (κ2) is 5.50. The Kier molecular flexibility index (Phi) is 4.01. The van der Waals surface area contributed by atoms with E-state index in [-0.39, 0.29) is 12.1 Å². The van der Waals surface area contributed by atoms with Gasteiger partial charge >= 0.3 is 6.03 Å². The van der Waals surface area contributed by atoms with Gasteiger partial charge < -0.3 is 10.6 Å². The van der Waals surface area contributed by atoms with E-state index in [2.05, 4.69) is 16.1 Å². The highest BCUT2D eigenvalue weighted by molar-refractivity contribution is 5.73. The van der Waals surface area contributed by atoms with Crippen LogP contribution in [0, 0.1) is 0 Å². The van der Waals surface area contributed by atoms with Gasteiger partial charge in [-0.15, -0.1) is 0 Å².